The number of aliphatic imine (C=N–C) groups is 1. The first kappa shape index (κ1) is 18.1. The topological polar surface area (TPSA) is 49.3 Å². The maximum atomic E-state index is 14.0. The van der Waals surface area contributed by atoms with E-state index < -0.39 is 0 Å². The fraction of sp³-hybridized carbons (Fsp3) is 0.444. The predicted molar refractivity (Wildman–Crippen MR) is 102 cm³/mol. The first-order valence-electron chi connectivity index (χ1n) is 8.48. The first-order chi connectivity index (χ1) is 12.1. The highest BCUT2D eigenvalue weighted by molar-refractivity contribution is 7.11. The third-order valence-corrected chi connectivity index (χ3v) is 5.39. The van der Waals surface area contributed by atoms with E-state index >= 15 is 0 Å². The van der Waals surface area contributed by atoms with Gasteiger partial charge >= 0.3 is 0 Å². The molecule has 1 heterocycles. The lowest BCUT2D eigenvalue weighted by Gasteiger charge is -2.12. The normalized spacial score (nSPS) is 19.8. The highest BCUT2D eigenvalue weighted by Crippen LogP contribution is 2.44. The molecule has 1 aliphatic rings. The Labute approximate surface area is 156 Å². The van der Waals surface area contributed by atoms with Gasteiger partial charge in [-0.3, -0.25) is 4.99 Å². The number of nitrogens with one attached hydrogen (secondary N) is 2. The van der Waals surface area contributed by atoms with Crippen molar-refractivity contribution in [3.63, 3.8) is 0 Å². The smallest absolute Gasteiger partial charge is 0.191 e. The molecule has 2 atom stereocenters. The SMILES string of the molecule is CCNC(=NCCc1ncc(C)s1)NC1CC1c1c(F)cccc1Cl. The molecule has 1 aromatic heterocycles. The Morgan fingerprint density at radius 2 is 2.32 bits per heavy atom. The minimum Gasteiger partial charge on any atom is -0.357 e. The average Bonchev–Trinajstić information content (AvgIpc) is 3.18. The zero-order valence-electron chi connectivity index (χ0n) is 14.4. The number of hydrogen-bond acceptors (Lipinski definition) is 3. The fourth-order valence-electron chi connectivity index (χ4n) is 2.81. The van der Waals surface area contributed by atoms with Gasteiger partial charge in [0, 0.05) is 53.1 Å². The number of hydrogen-bond donors (Lipinski definition) is 2. The van der Waals surface area contributed by atoms with Gasteiger partial charge < -0.3 is 10.6 Å². The van der Waals surface area contributed by atoms with Crippen LogP contribution in [-0.4, -0.2) is 30.1 Å². The minimum atomic E-state index is -0.233. The molecular formula is C18H22ClFN4S. The summed E-state index contributed by atoms with van der Waals surface area (Å²) in [5.41, 5.74) is 0.607. The molecule has 0 radical (unpaired) electrons. The van der Waals surface area contributed by atoms with Gasteiger partial charge in [0.15, 0.2) is 5.96 Å². The molecule has 3 rings (SSSR count). The number of aromatic nitrogens is 1. The van der Waals surface area contributed by atoms with Gasteiger partial charge in [0.1, 0.15) is 5.82 Å². The van der Waals surface area contributed by atoms with E-state index in [0.717, 1.165) is 30.4 Å². The van der Waals surface area contributed by atoms with E-state index in [0.29, 0.717) is 17.1 Å². The molecule has 1 saturated carbocycles. The van der Waals surface area contributed by atoms with E-state index in [2.05, 4.69) is 27.5 Å². The molecule has 1 aromatic carbocycles. The highest BCUT2D eigenvalue weighted by Gasteiger charge is 2.41. The summed E-state index contributed by atoms with van der Waals surface area (Å²) in [6, 6.07) is 5.00. The van der Waals surface area contributed by atoms with Gasteiger partial charge in [0.05, 0.1) is 5.01 Å². The van der Waals surface area contributed by atoms with Crippen LogP contribution in [0.25, 0.3) is 0 Å². The van der Waals surface area contributed by atoms with Gasteiger partial charge in [-0.05, 0) is 32.4 Å². The molecule has 0 bridgehead atoms. The molecule has 4 nitrogen and oxygen atoms in total. The molecule has 1 fully saturated rings. The molecule has 2 N–H and O–H groups in total. The lowest BCUT2D eigenvalue weighted by molar-refractivity contribution is 0.608. The molecule has 0 spiro atoms. The van der Waals surface area contributed by atoms with Crippen LogP contribution >= 0.6 is 22.9 Å². The zero-order chi connectivity index (χ0) is 17.8. The van der Waals surface area contributed by atoms with Crippen molar-refractivity contribution in [2.45, 2.75) is 38.6 Å². The maximum Gasteiger partial charge on any atom is 0.191 e. The van der Waals surface area contributed by atoms with Crippen molar-refractivity contribution in [1.82, 2.24) is 15.6 Å². The summed E-state index contributed by atoms with van der Waals surface area (Å²) in [5, 5.41) is 8.22. The molecule has 2 aromatic rings. The second-order valence-electron chi connectivity index (χ2n) is 6.10. The number of benzene rings is 1. The lowest BCUT2D eigenvalue weighted by atomic mass is 10.1. The molecule has 25 heavy (non-hydrogen) atoms. The van der Waals surface area contributed by atoms with Crippen LogP contribution in [0.15, 0.2) is 29.4 Å². The monoisotopic (exact) mass is 380 g/mol. The molecule has 7 heteroatoms. The quantitative estimate of drug-likeness (QED) is 0.590. The van der Waals surface area contributed by atoms with Gasteiger partial charge in [-0.15, -0.1) is 11.3 Å². The van der Waals surface area contributed by atoms with Crippen molar-refractivity contribution in [1.29, 1.82) is 0 Å². The minimum absolute atomic E-state index is 0.0965. The summed E-state index contributed by atoms with van der Waals surface area (Å²) in [5.74, 6) is 0.623. The summed E-state index contributed by atoms with van der Waals surface area (Å²) < 4.78 is 14.0. The summed E-state index contributed by atoms with van der Waals surface area (Å²) in [6.07, 6.45) is 3.57. The van der Waals surface area contributed by atoms with Gasteiger partial charge in [0.25, 0.3) is 0 Å². The van der Waals surface area contributed by atoms with Crippen molar-refractivity contribution < 1.29 is 4.39 Å². The largest absolute Gasteiger partial charge is 0.357 e. The van der Waals surface area contributed by atoms with Gasteiger partial charge in [-0.2, -0.15) is 0 Å². The Morgan fingerprint density at radius 3 is 3.00 bits per heavy atom. The summed E-state index contributed by atoms with van der Waals surface area (Å²) in [7, 11) is 0. The van der Waals surface area contributed by atoms with E-state index in [9.17, 15) is 4.39 Å². The van der Waals surface area contributed by atoms with Crippen molar-refractivity contribution in [2.75, 3.05) is 13.1 Å². The van der Waals surface area contributed by atoms with Crippen LogP contribution < -0.4 is 10.6 Å². The van der Waals surface area contributed by atoms with Crippen LogP contribution in [0.1, 0.15) is 34.7 Å². The zero-order valence-corrected chi connectivity index (χ0v) is 15.9. The maximum absolute atomic E-state index is 14.0. The van der Waals surface area contributed by atoms with Crippen molar-refractivity contribution in [3.8, 4) is 0 Å². The summed E-state index contributed by atoms with van der Waals surface area (Å²) in [6.45, 7) is 5.52. The van der Waals surface area contributed by atoms with E-state index in [-0.39, 0.29) is 17.8 Å². The molecular weight excluding hydrogens is 359 g/mol. The van der Waals surface area contributed by atoms with Crippen molar-refractivity contribution in [2.24, 2.45) is 4.99 Å². The Hall–Kier alpha value is -1.66. The molecule has 2 unspecified atom stereocenters. The second-order valence-corrected chi connectivity index (χ2v) is 7.83. The number of nitrogens with zero attached hydrogens (tertiary/aromatic N) is 2. The molecule has 134 valence electrons. The number of guanidine groups is 1. The Bertz CT molecular complexity index is 741. The van der Waals surface area contributed by atoms with Crippen LogP contribution in [0.4, 0.5) is 4.39 Å². The van der Waals surface area contributed by atoms with Crippen molar-refractivity contribution >= 4 is 28.9 Å². The summed E-state index contributed by atoms with van der Waals surface area (Å²) in [4.78, 5) is 10.2. The van der Waals surface area contributed by atoms with Gasteiger partial charge in [0.2, 0.25) is 0 Å². The van der Waals surface area contributed by atoms with E-state index in [4.69, 9.17) is 11.6 Å². The van der Waals surface area contributed by atoms with E-state index in [1.807, 2.05) is 13.1 Å². The molecule has 1 aliphatic carbocycles. The van der Waals surface area contributed by atoms with Crippen LogP contribution in [-0.2, 0) is 6.42 Å². The van der Waals surface area contributed by atoms with Crippen LogP contribution in [0.3, 0.4) is 0 Å². The number of thiazole rings is 1. The second kappa shape index (κ2) is 8.15. The van der Waals surface area contributed by atoms with Crippen LogP contribution in [0.2, 0.25) is 5.02 Å². The standard InChI is InChI=1S/C18H22ClFN4S/c1-3-21-18(22-8-7-16-23-10-11(2)25-16)24-15-9-12(15)17-13(19)5-4-6-14(17)20/h4-6,10,12,15H,3,7-9H2,1-2H3,(H2,21,22,24). The third kappa shape index (κ3) is 4.70. The third-order valence-electron chi connectivity index (χ3n) is 4.09. The highest BCUT2D eigenvalue weighted by atomic mass is 35.5. The van der Waals surface area contributed by atoms with Crippen LogP contribution in [0, 0.1) is 12.7 Å². The Kier molecular flexibility index (Phi) is 5.91. The molecule has 0 amide bonds. The number of aryl methyl sites for hydroxylation is 1. The number of halogens is 2. The predicted octanol–water partition coefficient (Wildman–Crippen LogP) is 3.90. The molecule has 0 aliphatic heterocycles. The Morgan fingerprint density at radius 1 is 1.48 bits per heavy atom. The average molecular weight is 381 g/mol. The fourth-order valence-corrected chi connectivity index (χ4v) is 3.89. The summed E-state index contributed by atoms with van der Waals surface area (Å²) >= 11 is 7.86. The Balaban J connectivity index is 1.58. The van der Waals surface area contributed by atoms with Gasteiger partial charge in [-0.1, -0.05) is 17.7 Å². The first-order valence-corrected chi connectivity index (χ1v) is 9.68. The number of rotatable bonds is 6. The van der Waals surface area contributed by atoms with Crippen LogP contribution in [0.5, 0.6) is 0 Å². The van der Waals surface area contributed by atoms with E-state index in [1.54, 1.807) is 23.5 Å². The molecule has 0 saturated heterocycles. The van der Waals surface area contributed by atoms with Gasteiger partial charge in [-0.25, -0.2) is 9.37 Å². The van der Waals surface area contributed by atoms with E-state index in [1.165, 1.54) is 10.9 Å². The lowest BCUT2D eigenvalue weighted by Crippen LogP contribution is -2.39. The van der Waals surface area contributed by atoms with Crippen molar-refractivity contribution in [3.05, 3.63) is 50.7 Å².